The average molecular weight is 226 g/mol. The molecule has 2 aliphatic rings. The summed E-state index contributed by atoms with van der Waals surface area (Å²) in [5, 5.41) is 9.00. The highest BCUT2D eigenvalue weighted by atomic mass is 16.4. The number of hydrogen-bond donors (Lipinski definition) is 1. The molecule has 1 saturated heterocycles. The number of carbonyl (C=O) groups excluding carboxylic acids is 1. The molecule has 0 radical (unpaired) electrons. The van der Waals surface area contributed by atoms with Crippen molar-refractivity contribution in [3.05, 3.63) is 0 Å². The number of aliphatic carboxylic acids is 1. The molecule has 1 aliphatic carbocycles. The van der Waals surface area contributed by atoms with Crippen molar-refractivity contribution in [2.24, 2.45) is 5.92 Å². The molecule has 0 aromatic rings. The Morgan fingerprint density at radius 1 is 1.38 bits per heavy atom. The minimum atomic E-state index is -0.884. The Kier molecular flexibility index (Phi) is 3.03. The average Bonchev–Trinajstić information content (AvgIpc) is 2.91. The molecule has 2 amide bonds. The summed E-state index contributed by atoms with van der Waals surface area (Å²) >= 11 is 0. The minimum Gasteiger partial charge on any atom is -0.480 e. The van der Waals surface area contributed by atoms with E-state index in [2.05, 4.69) is 0 Å². The molecule has 0 spiro atoms. The summed E-state index contributed by atoms with van der Waals surface area (Å²) in [6, 6.07) is -0.744. The van der Waals surface area contributed by atoms with E-state index in [1.807, 2.05) is 0 Å². The molecule has 0 unspecified atom stereocenters. The smallest absolute Gasteiger partial charge is 0.326 e. The lowest BCUT2D eigenvalue weighted by atomic mass is 10.2. The fourth-order valence-electron chi connectivity index (χ4n) is 2.24. The summed E-state index contributed by atoms with van der Waals surface area (Å²) in [7, 11) is 1.76. The van der Waals surface area contributed by atoms with Crippen LogP contribution in [0.2, 0.25) is 0 Å². The molecule has 16 heavy (non-hydrogen) atoms. The maximum atomic E-state index is 12.0. The molecular weight excluding hydrogens is 208 g/mol. The van der Waals surface area contributed by atoms with Gasteiger partial charge in [0.2, 0.25) is 0 Å². The first-order valence-corrected chi connectivity index (χ1v) is 5.84. The third-order valence-electron chi connectivity index (χ3n) is 3.34. The summed E-state index contributed by atoms with van der Waals surface area (Å²) in [5.74, 6) is -0.245. The van der Waals surface area contributed by atoms with Crippen LogP contribution in [0.4, 0.5) is 4.79 Å². The summed E-state index contributed by atoms with van der Waals surface area (Å²) in [4.78, 5) is 26.1. The van der Waals surface area contributed by atoms with Crippen LogP contribution < -0.4 is 0 Å². The predicted molar refractivity (Wildman–Crippen MR) is 58.1 cm³/mol. The van der Waals surface area contributed by atoms with Gasteiger partial charge in [0.1, 0.15) is 6.04 Å². The van der Waals surface area contributed by atoms with Crippen LogP contribution in [0.5, 0.6) is 0 Å². The third-order valence-corrected chi connectivity index (χ3v) is 3.34. The number of likely N-dealkylation sites (tertiary alicyclic amines) is 1. The van der Waals surface area contributed by atoms with Crippen molar-refractivity contribution in [3.8, 4) is 0 Å². The van der Waals surface area contributed by atoms with Gasteiger partial charge < -0.3 is 14.9 Å². The second-order valence-corrected chi connectivity index (χ2v) is 4.80. The van der Waals surface area contributed by atoms with Crippen LogP contribution in [0.25, 0.3) is 0 Å². The SMILES string of the molecule is CN(CC1CC1)C(=O)N1CCC[C@@H]1C(=O)O. The molecule has 2 rings (SSSR count). The number of nitrogens with zero attached hydrogens (tertiary/aromatic N) is 2. The van der Waals surface area contributed by atoms with Gasteiger partial charge in [-0.1, -0.05) is 0 Å². The van der Waals surface area contributed by atoms with Gasteiger partial charge in [0, 0.05) is 20.1 Å². The number of carboxylic acid groups (broad SMARTS) is 1. The zero-order valence-electron chi connectivity index (χ0n) is 9.56. The lowest BCUT2D eigenvalue weighted by Gasteiger charge is -2.27. The zero-order chi connectivity index (χ0) is 11.7. The van der Waals surface area contributed by atoms with Crippen LogP contribution in [0.1, 0.15) is 25.7 Å². The molecule has 1 heterocycles. The fraction of sp³-hybridized carbons (Fsp3) is 0.818. The maximum Gasteiger partial charge on any atom is 0.326 e. The first-order chi connectivity index (χ1) is 7.59. The normalized spacial score (nSPS) is 24.6. The van der Waals surface area contributed by atoms with Crippen LogP contribution in [0, 0.1) is 5.92 Å². The van der Waals surface area contributed by atoms with Gasteiger partial charge in [-0.2, -0.15) is 0 Å². The van der Waals surface area contributed by atoms with Crippen molar-refractivity contribution >= 4 is 12.0 Å². The van der Waals surface area contributed by atoms with E-state index in [-0.39, 0.29) is 6.03 Å². The number of carboxylic acids is 1. The van der Waals surface area contributed by atoms with Crippen LogP contribution in [-0.4, -0.2) is 53.1 Å². The Bertz CT molecular complexity index is 302. The van der Waals surface area contributed by atoms with E-state index >= 15 is 0 Å². The molecule has 1 aliphatic heterocycles. The van der Waals surface area contributed by atoms with E-state index in [1.165, 1.54) is 17.7 Å². The van der Waals surface area contributed by atoms with Crippen LogP contribution in [0.15, 0.2) is 0 Å². The quantitative estimate of drug-likeness (QED) is 0.780. The molecule has 0 aromatic heterocycles. The topological polar surface area (TPSA) is 60.9 Å². The second kappa shape index (κ2) is 4.31. The van der Waals surface area contributed by atoms with Gasteiger partial charge in [-0.05, 0) is 31.6 Å². The van der Waals surface area contributed by atoms with E-state index in [1.54, 1.807) is 11.9 Å². The minimum absolute atomic E-state index is 0.128. The molecule has 5 nitrogen and oxygen atoms in total. The Morgan fingerprint density at radius 2 is 2.06 bits per heavy atom. The van der Waals surface area contributed by atoms with Crippen molar-refractivity contribution in [2.45, 2.75) is 31.7 Å². The number of rotatable bonds is 3. The highest BCUT2D eigenvalue weighted by Crippen LogP contribution is 2.30. The third kappa shape index (κ3) is 2.28. The highest BCUT2D eigenvalue weighted by Gasteiger charge is 2.36. The van der Waals surface area contributed by atoms with Crippen molar-refractivity contribution in [2.75, 3.05) is 20.1 Å². The van der Waals surface area contributed by atoms with Crippen LogP contribution >= 0.6 is 0 Å². The number of amides is 2. The Balaban J connectivity index is 1.93. The molecule has 90 valence electrons. The molecule has 1 saturated carbocycles. The molecule has 2 fully saturated rings. The fourth-order valence-corrected chi connectivity index (χ4v) is 2.24. The van der Waals surface area contributed by atoms with E-state index in [0.717, 1.165) is 13.0 Å². The largest absolute Gasteiger partial charge is 0.480 e. The van der Waals surface area contributed by atoms with Crippen molar-refractivity contribution < 1.29 is 14.7 Å². The molecule has 5 heteroatoms. The lowest BCUT2D eigenvalue weighted by Crippen LogP contribution is -2.47. The number of urea groups is 1. The van der Waals surface area contributed by atoms with Gasteiger partial charge in [-0.15, -0.1) is 0 Å². The standard InChI is InChI=1S/C11H18N2O3/c1-12(7-8-4-5-8)11(16)13-6-2-3-9(13)10(14)15/h8-9H,2-7H2,1H3,(H,14,15)/t9-/m1/s1. The van der Waals surface area contributed by atoms with Crippen LogP contribution in [-0.2, 0) is 4.79 Å². The Morgan fingerprint density at radius 3 is 2.62 bits per heavy atom. The molecule has 1 atom stereocenters. The maximum absolute atomic E-state index is 12.0. The van der Waals surface area contributed by atoms with Gasteiger partial charge in [0.25, 0.3) is 0 Å². The number of hydrogen-bond acceptors (Lipinski definition) is 2. The highest BCUT2D eigenvalue weighted by molar-refractivity contribution is 5.83. The summed E-state index contributed by atoms with van der Waals surface area (Å²) in [6.07, 6.45) is 3.76. The van der Waals surface area contributed by atoms with E-state index < -0.39 is 12.0 Å². The zero-order valence-corrected chi connectivity index (χ0v) is 9.56. The first-order valence-electron chi connectivity index (χ1n) is 5.84. The second-order valence-electron chi connectivity index (χ2n) is 4.80. The summed E-state index contributed by atoms with van der Waals surface area (Å²) < 4.78 is 0. The van der Waals surface area contributed by atoms with Crippen molar-refractivity contribution in [3.63, 3.8) is 0 Å². The van der Waals surface area contributed by atoms with E-state index in [0.29, 0.717) is 18.9 Å². The van der Waals surface area contributed by atoms with Crippen molar-refractivity contribution in [1.29, 1.82) is 0 Å². The van der Waals surface area contributed by atoms with Gasteiger partial charge >= 0.3 is 12.0 Å². The van der Waals surface area contributed by atoms with Crippen molar-refractivity contribution in [1.82, 2.24) is 9.80 Å². The molecular formula is C11H18N2O3. The van der Waals surface area contributed by atoms with Gasteiger partial charge in [0.15, 0.2) is 0 Å². The Hall–Kier alpha value is -1.26. The monoisotopic (exact) mass is 226 g/mol. The predicted octanol–water partition coefficient (Wildman–Crippen LogP) is 0.997. The molecule has 0 bridgehead atoms. The molecule has 0 aromatic carbocycles. The molecule has 1 N–H and O–H groups in total. The van der Waals surface area contributed by atoms with Gasteiger partial charge in [-0.3, -0.25) is 0 Å². The lowest BCUT2D eigenvalue weighted by molar-refractivity contribution is -0.141. The van der Waals surface area contributed by atoms with Gasteiger partial charge in [0.05, 0.1) is 0 Å². The first kappa shape index (κ1) is 11.2. The van der Waals surface area contributed by atoms with Crippen LogP contribution in [0.3, 0.4) is 0 Å². The van der Waals surface area contributed by atoms with Gasteiger partial charge in [-0.25, -0.2) is 9.59 Å². The van der Waals surface area contributed by atoms with E-state index in [9.17, 15) is 9.59 Å². The summed E-state index contributed by atoms with van der Waals surface area (Å²) in [6.45, 7) is 1.34. The Labute approximate surface area is 95.0 Å². The van der Waals surface area contributed by atoms with E-state index in [4.69, 9.17) is 5.11 Å². The number of carbonyl (C=O) groups is 2. The summed E-state index contributed by atoms with van der Waals surface area (Å²) in [5.41, 5.74) is 0.